The quantitative estimate of drug-likeness (QED) is 0.498. The summed E-state index contributed by atoms with van der Waals surface area (Å²) in [5.41, 5.74) is -1.03. The van der Waals surface area contributed by atoms with E-state index in [1.54, 1.807) is 6.08 Å². The predicted octanol–water partition coefficient (Wildman–Crippen LogP) is 4.18. The molecule has 1 fully saturated rings. The van der Waals surface area contributed by atoms with Gasteiger partial charge in [-0.3, -0.25) is 9.59 Å². The lowest BCUT2D eigenvalue weighted by molar-refractivity contribution is -0.166. The minimum Gasteiger partial charge on any atom is -0.461 e. The smallest absolute Gasteiger partial charge is 0.311 e. The van der Waals surface area contributed by atoms with Gasteiger partial charge in [-0.05, 0) is 58.4 Å². The molecule has 0 aromatic heterocycles. The van der Waals surface area contributed by atoms with Crippen LogP contribution in [0, 0.1) is 5.41 Å². The van der Waals surface area contributed by atoms with Crippen molar-refractivity contribution in [2.45, 2.75) is 84.3 Å². The van der Waals surface area contributed by atoms with E-state index in [9.17, 15) is 9.59 Å². The maximum Gasteiger partial charge on any atom is 0.311 e. The average molecular weight is 310 g/mol. The lowest BCUT2D eigenvalue weighted by Crippen LogP contribution is -2.34. The van der Waals surface area contributed by atoms with E-state index in [4.69, 9.17) is 9.47 Å². The summed E-state index contributed by atoms with van der Waals surface area (Å²) >= 11 is 0. The zero-order valence-electron chi connectivity index (χ0n) is 14.4. The van der Waals surface area contributed by atoms with Crippen molar-refractivity contribution in [1.82, 2.24) is 0 Å². The molecular weight excluding hydrogens is 280 g/mol. The second-order valence-corrected chi connectivity index (χ2v) is 6.83. The van der Waals surface area contributed by atoms with Gasteiger partial charge in [0.1, 0.15) is 11.7 Å². The van der Waals surface area contributed by atoms with Gasteiger partial charge in [-0.15, -0.1) is 0 Å². The molecule has 0 aromatic rings. The van der Waals surface area contributed by atoms with E-state index in [1.165, 1.54) is 0 Å². The summed E-state index contributed by atoms with van der Waals surface area (Å²) in [6.45, 7) is 11.4. The van der Waals surface area contributed by atoms with Gasteiger partial charge in [0.2, 0.25) is 0 Å². The van der Waals surface area contributed by atoms with Gasteiger partial charge in [0.05, 0.1) is 11.8 Å². The standard InChI is InChI=1S/C18H30O4/c1-6-14(21-16(20)17(4,5)7-2)13-15(19)22-18(8-3)11-9-10-12-18/h8,14H,3,6-7,9-13H2,1-2,4-5H3. The summed E-state index contributed by atoms with van der Waals surface area (Å²) in [7, 11) is 0. The zero-order chi connectivity index (χ0) is 16.8. The fourth-order valence-corrected chi connectivity index (χ4v) is 2.50. The van der Waals surface area contributed by atoms with E-state index in [1.807, 2.05) is 27.7 Å². The second-order valence-electron chi connectivity index (χ2n) is 6.83. The van der Waals surface area contributed by atoms with Crippen LogP contribution in [0.3, 0.4) is 0 Å². The number of esters is 2. The van der Waals surface area contributed by atoms with Crippen LogP contribution in [0.5, 0.6) is 0 Å². The normalized spacial score (nSPS) is 18.5. The summed E-state index contributed by atoms with van der Waals surface area (Å²) in [5, 5.41) is 0. The fraction of sp³-hybridized carbons (Fsp3) is 0.778. The molecule has 1 saturated carbocycles. The minimum absolute atomic E-state index is 0.109. The molecular formula is C18H30O4. The Morgan fingerprint density at radius 1 is 1.27 bits per heavy atom. The summed E-state index contributed by atoms with van der Waals surface area (Å²) in [6.07, 6.45) is 6.50. The van der Waals surface area contributed by atoms with Crippen LogP contribution in [0.15, 0.2) is 12.7 Å². The van der Waals surface area contributed by atoms with Gasteiger partial charge in [-0.1, -0.05) is 20.4 Å². The molecule has 1 rings (SSSR count). The second kappa shape index (κ2) is 7.80. The number of hydrogen-bond acceptors (Lipinski definition) is 4. The number of ether oxygens (including phenoxy) is 2. The highest BCUT2D eigenvalue weighted by atomic mass is 16.6. The van der Waals surface area contributed by atoms with Crippen LogP contribution >= 0.6 is 0 Å². The maximum absolute atomic E-state index is 12.2. The van der Waals surface area contributed by atoms with E-state index < -0.39 is 17.1 Å². The molecule has 4 nitrogen and oxygen atoms in total. The van der Waals surface area contributed by atoms with Crippen LogP contribution in [0.25, 0.3) is 0 Å². The Morgan fingerprint density at radius 2 is 1.86 bits per heavy atom. The lowest BCUT2D eigenvalue weighted by atomic mass is 9.90. The van der Waals surface area contributed by atoms with Crippen molar-refractivity contribution in [3.05, 3.63) is 12.7 Å². The number of hydrogen-bond donors (Lipinski definition) is 0. The van der Waals surface area contributed by atoms with Gasteiger partial charge in [0.15, 0.2) is 0 Å². The minimum atomic E-state index is -0.523. The number of carbonyl (C=O) groups excluding carboxylic acids is 2. The van der Waals surface area contributed by atoms with Crippen molar-refractivity contribution in [1.29, 1.82) is 0 Å². The van der Waals surface area contributed by atoms with Gasteiger partial charge in [-0.25, -0.2) is 0 Å². The van der Waals surface area contributed by atoms with Crippen molar-refractivity contribution in [3.8, 4) is 0 Å². The van der Waals surface area contributed by atoms with Crippen LogP contribution in [-0.2, 0) is 19.1 Å². The van der Waals surface area contributed by atoms with Crippen molar-refractivity contribution in [3.63, 3.8) is 0 Å². The first-order chi connectivity index (χ1) is 10.3. The Kier molecular flexibility index (Phi) is 6.64. The SMILES string of the molecule is C=CC1(OC(=O)CC(CC)OC(=O)C(C)(C)CC)CCCC1. The van der Waals surface area contributed by atoms with Crippen LogP contribution in [0.4, 0.5) is 0 Å². The third kappa shape index (κ3) is 4.85. The monoisotopic (exact) mass is 310 g/mol. The Hall–Kier alpha value is -1.32. The number of rotatable bonds is 8. The van der Waals surface area contributed by atoms with Crippen LogP contribution < -0.4 is 0 Å². The molecule has 22 heavy (non-hydrogen) atoms. The molecule has 0 heterocycles. The third-order valence-corrected chi connectivity index (χ3v) is 4.70. The predicted molar refractivity (Wildman–Crippen MR) is 86.3 cm³/mol. The largest absolute Gasteiger partial charge is 0.461 e. The molecule has 126 valence electrons. The Balaban J connectivity index is 2.57. The van der Waals surface area contributed by atoms with Gasteiger partial charge < -0.3 is 9.47 Å². The highest BCUT2D eigenvalue weighted by Crippen LogP contribution is 2.34. The molecule has 0 spiro atoms. The Bertz CT molecular complexity index is 405. The first-order valence-corrected chi connectivity index (χ1v) is 8.35. The molecule has 1 aliphatic rings. The molecule has 4 heteroatoms. The zero-order valence-corrected chi connectivity index (χ0v) is 14.4. The lowest BCUT2D eigenvalue weighted by Gasteiger charge is -2.27. The summed E-state index contributed by atoms with van der Waals surface area (Å²) < 4.78 is 11.1. The Labute approximate surface area is 134 Å². The average Bonchev–Trinajstić information content (AvgIpc) is 2.95. The van der Waals surface area contributed by atoms with E-state index in [2.05, 4.69) is 6.58 Å². The van der Waals surface area contributed by atoms with Crippen LogP contribution in [0.1, 0.15) is 72.6 Å². The molecule has 0 bridgehead atoms. The molecule has 0 amide bonds. The van der Waals surface area contributed by atoms with E-state index in [0.717, 1.165) is 25.7 Å². The summed E-state index contributed by atoms with van der Waals surface area (Å²) in [5.74, 6) is -0.565. The van der Waals surface area contributed by atoms with Crippen molar-refractivity contribution in [2.24, 2.45) is 5.41 Å². The van der Waals surface area contributed by atoms with Gasteiger partial charge >= 0.3 is 11.9 Å². The van der Waals surface area contributed by atoms with E-state index >= 15 is 0 Å². The number of carbonyl (C=O) groups is 2. The summed E-state index contributed by atoms with van der Waals surface area (Å²) in [4.78, 5) is 24.3. The highest BCUT2D eigenvalue weighted by Gasteiger charge is 2.36. The van der Waals surface area contributed by atoms with Gasteiger partial charge in [0.25, 0.3) is 0 Å². The van der Waals surface area contributed by atoms with Gasteiger partial charge in [0, 0.05) is 0 Å². The first kappa shape index (κ1) is 18.7. The van der Waals surface area contributed by atoms with Gasteiger partial charge in [-0.2, -0.15) is 0 Å². The molecule has 0 aromatic carbocycles. The topological polar surface area (TPSA) is 52.6 Å². The molecule has 0 saturated heterocycles. The highest BCUT2D eigenvalue weighted by molar-refractivity contribution is 5.77. The van der Waals surface area contributed by atoms with Crippen LogP contribution in [-0.4, -0.2) is 23.6 Å². The molecule has 1 atom stereocenters. The van der Waals surface area contributed by atoms with E-state index in [0.29, 0.717) is 12.8 Å². The summed E-state index contributed by atoms with van der Waals surface area (Å²) in [6, 6.07) is 0. The van der Waals surface area contributed by atoms with Crippen molar-refractivity contribution >= 4 is 11.9 Å². The van der Waals surface area contributed by atoms with Crippen molar-refractivity contribution < 1.29 is 19.1 Å². The molecule has 1 aliphatic carbocycles. The fourth-order valence-electron chi connectivity index (χ4n) is 2.50. The molecule has 0 radical (unpaired) electrons. The Morgan fingerprint density at radius 3 is 2.32 bits per heavy atom. The van der Waals surface area contributed by atoms with E-state index in [-0.39, 0.29) is 18.4 Å². The van der Waals surface area contributed by atoms with Crippen LogP contribution in [0.2, 0.25) is 0 Å². The molecule has 0 aliphatic heterocycles. The third-order valence-electron chi connectivity index (χ3n) is 4.70. The van der Waals surface area contributed by atoms with Crippen molar-refractivity contribution in [2.75, 3.05) is 0 Å². The maximum atomic E-state index is 12.2. The molecule has 1 unspecified atom stereocenters. The first-order valence-electron chi connectivity index (χ1n) is 8.35. The molecule has 0 N–H and O–H groups in total.